The van der Waals surface area contributed by atoms with E-state index < -0.39 is 6.09 Å². The summed E-state index contributed by atoms with van der Waals surface area (Å²) in [5, 5.41) is 19.2. The Morgan fingerprint density at radius 3 is 2.56 bits per heavy atom. The Morgan fingerprint density at radius 2 is 1.94 bits per heavy atom. The molecule has 1 aromatic carbocycles. The van der Waals surface area contributed by atoms with Crippen molar-refractivity contribution in [3.8, 4) is 5.75 Å². The molecule has 0 saturated carbocycles. The van der Waals surface area contributed by atoms with Crippen molar-refractivity contribution in [2.24, 2.45) is 0 Å². The first-order valence-corrected chi connectivity index (χ1v) is 6.11. The van der Waals surface area contributed by atoms with E-state index in [2.05, 4.69) is 4.90 Å². The van der Waals surface area contributed by atoms with Gasteiger partial charge in [-0.05, 0) is 18.2 Å². The fourth-order valence-electron chi connectivity index (χ4n) is 2.02. The molecule has 18 heavy (non-hydrogen) atoms. The number of phenols is 1. The first-order chi connectivity index (χ1) is 8.56. The SMILES string of the molecule is O=C(O)N1CCN(Cc2cc(Cl)ccc2O)CC1. The lowest BCUT2D eigenvalue weighted by atomic mass is 10.1. The Bertz CT molecular complexity index is 445. The minimum Gasteiger partial charge on any atom is -0.508 e. The van der Waals surface area contributed by atoms with Gasteiger partial charge in [0.2, 0.25) is 0 Å². The fraction of sp³-hybridized carbons (Fsp3) is 0.417. The lowest BCUT2D eigenvalue weighted by Gasteiger charge is -2.33. The molecule has 0 aliphatic carbocycles. The number of nitrogens with zero attached hydrogens (tertiary/aromatic N) is 2. The van der Waals surface area contributed by atoms with Crippen LogP contribution in [0.5, 0.6) is 5.75 Å². The summed E-state index contributed by atoms with van der Waals surface area (Å²) in [5.41, 5.74) is 0.770. The largest absolute Gasteiger partial charge is 0.508 e. The summed E-state index contributed by atoms with van der Waals surface area (Å²) < 4.78 is 0. The number of piperazine rings is 1. The minimum absolute atomic E-state index is 0.222. The Balaban J connectivity index is 1.95. The molecule has 1 heterocycles. The molecule has 1 saturated heterocycles. The van der Waals surface area contributed by atoms with Crippen molar-refractivity contribution in [2.75, 3.05) is 26.2 Å². The quantitative estimate of drug-likeness (QED) is 0.861. The maximum absolute atomic E-state index is 10.8. The minimum atomic E-state index is -0.875. The van der Waals surface area contributed by atoms with Crippen LogP contribution in [0, 0.1) is 0 Å². The molecule has 0 radical (unpaired) electrons. The van der Waals surface area contributed by atoms with Gasteiger partial charge >= 0.3 is 6.09 Å². The molecule has 0 atom stereocenters. The van der Waals surface area contributed by atoms with Crippen molar-refractivity contribution in [3.63, 3.8) is 0 Å². The molecule has 6 heteroatoms. The van der Waals surface area contributed by atoms with Crippen LogP contribution in [0.4, 0.5) is 4.79 Å². The fourth-order valence-corrected chi connectivity index (χ4v) is 2.21. The molecule has 98 valence electrons. The van der Waals surface area contributed by atoms with E-state index >= 15 is 0 Å². The first-order valence-electron chi connectivity index (χ1n) is 5.74. The van der Waals surface area contributed by atoms with Crippen LogP contribution in [-0.4, -0.2) is 52.3 Å². The number of rotatable bonds is 2. The van der Waals surface area contributed by atoms with Gasteiger partial charge in [-0.25, -0.2) is 4.79 Å². The summed E-state index contributed by atoms with van der Waals surface area (Å²) in [5.74, 6) is 0.222. The van der Waals surface area contributed by atoms with Crippen LogP contribution in [0.3, 0.4) is 0 Å². The zero-order chi connectivity index (χ0) is 13.1. The van der Waals surface area contributed by atoms with Crippen LogP contribution in [0.25, 0.3) is 0 Å². The number of hydrogen-bond acceptors (Lipinski definition) is 3. The van der Waals surface area contributed by atoms with Crippen molar-refractivity contribution in [1.29, 1.82) is 0 Å². The number of aromatic hydroxyl groups is 1. The van der Waals surface area contributed by atoms with Gasteiger partial charge in [-0.15, -0.1) is 0 Å². The van der Waals surface area contributed by atoms with Crippen LogP contribution in [-0.2, 0) is 6.54 Å². The van der Waals surface area contributed by atoms with E-state index in [1.807, 2.05) is 0 Å². The van der Waals surface area contributed by atoms with Gasteiger partial charge < -0.3 is 15.1 Å². The molecule has 0 aromatic heterocycles. The van der Waals surface area contributed by atoms with E-state index in [1.165, 1.54) is 4.90 Å². The zero-order valence-corrected chi connectivity index (χ0v) is 10.6. The summed E-state index contributed by atoms with van der Waals surface area (Å²) in [6.45, 7) is 2.91. The highest BCUT2D eigenvalue weighted by atomic mass is 35.5. The van der Waals surface area contributed by atoms with Crippen LogP contribution in [0.15, 0.2) is 18.2 Å². The average molecular weight is 271 g/mol. The Labute approximate surface area is 110 Å². The molecular weight excluding hydrogens is 256 g/mol. The maximum Gasteiger partial charge on any atom is 0.407 e. The summed E-state index contributed by atoms with van der Waals surface area (Å²) in [7, 11) is 0. The number of halogens is 1. The number of carbonyl (C=O) groups is 1. The van der Waals surface area contributed by atoms with E-state index in [9.17, 15) is 9.90 Å². The number of amides is 1. The highest BCUT2D eigenvalue weighted by molar-refractivity contribution is 6.30. The molecule has 0 spiro atoms. The molecule has 1 amide bonds. The smallest absolute Gasteiger partial charge is 0.407 e. The number of benzene rings is 1. The molecule has 0 bridgehead atoms. The van der Waals surface area contributed by atoms with Crippen molar-refractivity contribution < 1.29 is 15.0 Å². The monoisotopic (exact) mass is 270 g/mol. The van der Waals surface area contributed by atoms with Crippen molar-refractivity contribution in [3.05, 3.63) is 28.8 Å². The van der Waals surface area contributed by atoms with Gasteiger partial charge in [0.25, 0.3) is 0 Å². The molecule has 2 rings (SSSR count). The molecular formula is C12H15ClN2O3. The van der Waals surface area contributed by atoms with Crippen LogP contribution in [0.1, 0.15) is 5.56 Å². The van der Waals surface area contributed by atoms with Crippen LogP contribution in [0.2, 0.25) is 5.02 Å². The van der Waals surface area contributed by atoms with E-state index in [1.54, 1.807) is 18.2 Å². The third kappa shape index (κ3) is 3.05. The van der Waals surface area contributed by atoms with Crippen LogP contribution >= 0.6 is 11.6 Å². The Morgan fingerprint density at radius 1 is 1.28 bits per heavy atom. The van der Waals surface area contributed by atoms with Crippen molar-refractivity contribution >= 4 is 17.7 Å². The predicted molar refractivity (Wildman–Crippen MR) is 68.0 cm³/mol. The van der Waals surface area contributed by atoms with E-state index in [-0.39, 0.29) is 5.75 Å². The van der Waals surface area contributed by atoms with Gasteiger partial charge in [0.05, 0.1) is 0 Å². The summed E-state index contributed by atoms with van der Waals surface area (Å²) in [4.78, 5) is 14.3. The molecule has 1 aliphatic heterocycles. The van der Waals surface area contributed by atoms with E-state index in [0.29, 0.717) is 37.7 Å². The molecule has 1 fully saturated rings. The second kappa shape index (κ2) is 5.46. The second-order valence-electron chi connectivity index (χ2n) is 4.32. The number of carboxylic acid groups (broad SMARTS) is 1. The van der Waals surface area contributed by atoms with Gasteiger partial charge in [0.1, 0.15) is 5.75 Å². The van der Waals surface area contributed by atoms with Crippen molar-refractivity contribution in [2.45, 2.75) is 6.54 Å². The highest BCUT2D eigenvalue weighted by Gasteiger charge is 2.20. The van der Waals surface area contributed by atoms with Gasteiger partial charge in [-0.2, -0.15) is 0 Å². The lowest BCUT2D eigenvalue weighted by Crippen LogP contribution is -2.47. The molecule has 5 nitrogen and oxygen atoms in total. The van der Waals surface area contributed by atoms with E-state index in [4.69, 9.17) is 16.7 Å². The zero-order valence-electron chi connectivity index (χ0n) is 9.84. The third-order valence-electron chi connectivity index (χ3n) is 3.08. The Hall–Kier alpha value is -1.46. The lowest BCUT2D eigenvalue weighted by molar-refractivity contribution is 0.102. The molecule has 2 N–H and O–H groups in total. The standard InChI is InChI=1S/C12H15ClN2O3/c13-10-1-2-11(16)9(7-10)8-14-3-5-15(6-4-14)12(17)18/h1-2,7,16H,3-6,8H2,(H,17,18). The molecule has 0 unspecified atom stereocenters. The number of hydrogen-bond donors (Lipinski definition) is 2. The highest BCUT2D eigenvalue weighted by Crippen LogP contribution is 2.23. The van der Waals surface area contributed by atoms with Gasteiger partial charge in [-0.3, -0.25) is 4.90 Å². The summed E-state index contributed by atoms with van der Waals surface area (Å²) in [6.07, 6.45) is -0.875. The summed E-state index contributed by atoms with van der Waals surface area (Å²) in [6, 6.07) is 4.95. The van der Waals surface area contributed by atoms with E-state index in [0.717, 1.165) is 5.56 Å². The maximum atomic E-state index is 10.8. The number of phenolic OH excluding ortho intramolecular Hbond substituents is 1. The van der Waals surface area contributed by atoms with Gasteiger partial charge in [0.15, 0.2) is 0 Å². The molecule has 1 aliphatic rings. The average Bonchev–Trinajstić information content (AvgIpc) is 2.34. The van der Waals surface area contributed by atoms with Gasteiger partial charge in [-0.1, -0.05) is 11.6 Å². The third-order valence-corrected chi connectivity index (χ3v) is 3.31. The Kier molecular flexibility index (Phi) is 3.93. The second-order valence-corrected chi connectivity index (χ2v) is 4.76. The van der Waals surface area contributed by atoms with Gasteiger partial charge in [0, 0.05) is 43.3 Å². The van der Waals surface area contributed by atoms with Crippen molar-refractivity contribution in [1.82, 2.24) is 9.80 Å². The normalized spacial score (nSPS) is 16.8. The topological polar surface area (TPSA) is 64.0 Å². The molecule has 1 aromatic rings. The predicted octanol–water partition coefficient (Wildman–Crippen LogP) is 1.84. The first kappa shape index (κ1) is 13.0. The van der Waals surface area contributed by atoms with Crippen LogP contribution < -0.4 is 0 Å². The summed E-state index contributed by atoms with van der Waals surface area (Å²) >= 11 is 5.88.